The lowest BCUT2D eigenvalue weighted by Gasteiger charge is -2.12. The third-order valence-electron chi connectivity index (χ3n) is 3.58. The number of hydrogen-bond donors (Lipinski definition) is 1. The lowest BCUT2D eigenvalue weighted by molar-refractivity contribution is 0.0698. The Morgan fingerprint density at radius 1 is 1.09 bits per heavy atom. The molecule has 0 aromatic carbocycles. The number of ketones is 2. The highest BCUT2D eigenvalue weighted by molar-refractivity contribution is 6.52. The fraction of sp³-hybridized carbons (Fsp3) is 0. The first-order chi connectivity index (χ1) is 10.6. The SMILES string of the molecule is O=C1C(=O)c2c(nc3c(C(=O)O)cccn23)-c2ncccc21. The van der Waals surface area contributed by atoms with Gasteiger partial charge in [-0.1, -0.05) is 0 Å². The van der Waals surface area contributed by atoms with Crippen LogP contribution in [0, 0.1) is 0 Å². The molecule has 0 aliphatic heterocycles. The van der Waals surface area contributed by atoms with Crippen molar-refractivity contribution >= 4 is 23.2 Å². The lowest BCUT2D eigenvalue weighted by Crippen LogP contribution is -2.23. The van der Waals surface area contributed by atoms with Crippen LogP contribution in [0.2, 0.25) is 0 Å². The number of aromatic nitrogens is 3. The Bertz CT molecular complexity index is 1000. The zero-order valence-electron chi connectivity index (χ0n) is 11.0. The third kappa shape index (κ3) is 1.42. The van der Waals surface area contributed by atoms with Crippen LogP contribution in [-0.4, -0.2) is 37.0 Å². The Balaban J connectivity index is 2.18. The monoisotopic (exact) mass is 293 g/mol. The number of carboxylic acids is 1. The molecule has 7 heteroatoms. The fourth-order valence-electron chi connectivity index (χ4n) is 2.62. The second-order valence-corrected chi connectivity index (χ2v) is 4.79. The minimum Gasteiger partial charge on any atom is -0.478 e. The molecule has 3 aromatic heterocycles. The standard InChI is InChI=1S/C15H7N3O4/c19-12-7-3-1-5-16-9(7)10-11(13(12)20)18-6-2-4-8(15(21)22)14(18)17-10/h1-6H,(H,21,22). The zero-order chi connectivity index (χ0) is 15.4. The molecule has 0 saturated heterocycles. The maximum absolute atomic E-state index is 12.3. The number of rotatable bonds is 1. The number of hydrogen-bond acceptors (Lipinski definition) is 5. The van der Waals surface area contributed by atoms with Crippen molar-refractivity contribution in [2.75, 3.05) is 0 Å². The van der Waals surface area contributed by atoms with Gasteiger partial charge in [0.2, 0.25) is 5.78 Å². The van der Waals surface area contributed by atoms with E-state index in [1.807, 2.05) is 0 Å². The highest BCUT2D eigenvalue weighted by atomic mass is 16.4. The smallest absolute Gasteiger partial charge is 0.339 e. The van der Waals surface area contributed by atoms with Crippen LogP contribution in [0.5, 0.6) is 0 Å². The molecule has 0 fully saturated rings. The van der Waals surface area contributed by atoms with Crippen LogP contribution in [0.4, 0.5) is 0 Å². The number of pyridine rings is 2. The van der Waals surface area contributed by atoms with Crippen molar-refractivity contribution in [3.63, 3.8) is 0 Å². The number of Topliss-reactive ketones (excluding diaryl/α,β-unsaturated/α-hetero) is 2. The van der Waals surface area contributed by atoms with Gasteiger partial charge in [0.1, 0.15) is 22.6 Å². The van der Waals surface area contributed by atoms with Crippen molar-refractivity contribution in [1.82, 2.24) is 14.4 Å². The first-order valence-electron chi connectivity index (χ1n) is 6.38. The number of aromatic carboxylic acids is 1. The summed E-state index contributed by atoms with van der Waals surface area (Å²) >= 11 is 0. The Hall–Kier alpha value is -3.35. The molecule has 3 aromatic rings. The lowest BCUT2D eigenvalue weighted by atomic mass is 9.94. The summed E-state index contributed by atoms with van der Waals surface area (Å²) < 4.78 is 1.33. The van der Waals surface area contributed by atoms with Crippen LogP contribution >= 0.6 is 0 Å². The molecule has 0 saturated carbocycles. The summed E-state index contributed by atoms with van der Waals surface area (Å²) in [4.78, 5) is 44.2. The highest BCUT2D eigenvalue weighted by Crippen LogP contribution is 2.32. The number of fused-ring (bicyclic) bond motifs is 5. The van der Waals surface area contributed by atoms with Gasteiger partial charge in [-0.05, 0) is 24.3 Å². The van der Waals surface area contributed by atoms with E-state index in [-0.39, 0.29) is 28.2 Å². The zero-order valence-corrected chi connectivity index (χ0v) is 11.0. The predicted octanol–water partition coefficient (Wildman–Crippen LogP) is 1.47. The number of nitrogens with zero attached hydrogens (tertiary/aromatic N) is 3. The fourth-order valence-corrected chi connectivity index (χ4v) is 2.62. The van der Waals surface area contributed by atoms with E-state index in [4.69, 9.17) is 0 Å². The summed E-state index contributed by atoms with van der Waals surface area (Å²) in [6, 6.07) is 5.95. The average Bonchev–Trinajstić information content (AvgIpc) is 2.92. The van der Waals surface area contributed by atoms with Gasteiger partial charge in [0.25, 0.3) is 5.78 Å². The number of imidazole rings is 1. The van der Waals surface area contributed by atoms with Gasteiger partial charge in [-0.2, -0.15) is 0 Å². The topological polar surface area (TPSA) is 102 Å². The van der Waals surface area contributed by atoms with E-state index in [0.29, 0.717) is 5.69 Å². The minimum absolute atomic E-state index is 0.0466. The summed E-state index contributed by atoms with van der Waals surface area (Å²) in [6.07, 6.45) is 3.00. The summed E-state index contributed by atoms with van der Waals surface area (Å²) in [7, 11) is 0. The Morgan fingerprint density at radius 2 is 1.91 bits per heavy atom. The maximum atomic E-state index is 12.3. The molecule has 1 N–H and O–H groups in total. The van der Waals surface area contributed by atoms with Crippen molar-refractivity contribution in [2.45, 2.75) is 0 Å². The number of carbonyl (C=O) groups is 3. The summed E-state index contributed by atoms with van der Waals surface area (Å²) in [5.74, 6) is -2.54. The first-order valence-corrected chi connectivity index (χ1v) is 6.38. The molecule has 0 spiro atoms. The molecule has 3 heterocycles. The Labute approximate surface area is 122 Å². The molecule has 0 unspecified atom stereocenters. The van der Waals surface area contributed by atoms with Crippen LogP contribution in [0.15, 0.2) is 36.7 Å². The summed E-state index contributed by atoms with van der Waals surface area (Å²) in [5, 5.41) is 9.24. The van der Waals surface area contributed by atoms with Gasteiger partial charge >= 0.3 is 5.97 Å². The van der Waals surface area contributed by atoms with Gasteiger partial charge in [-0.15, -0.1) is 0 Å². The van der Waals surface area contributed by atoms with Crippen molar-refractivity contribution in [3.8, 4) is 11.4 Å². The Morgan fingerprint density at radius 3 is 2.68 bits per heavy atom. The molecule has 4 rings (SSSR count). The molecule has 0 atom stereocenters. The number of carboxylic acid groups (broad SMARTS) is 1. The van der Waals surface area contributed by atoms with Crippen LogP contribution in [0.25, 0.3) is 17.0 Å². The molecule has 0 bridgehead atoms. The molecule has 106 valence electrons. The van der Waals surface area contributed by atoms with Crippen LogP contribution in [0.1, 0.15) is 31.2 Å². The second kappa shape index (κ2) is 4.08. The van der Waals surface area contributed by atoms with E-state index >= 15 is 0 Å². The van der Waals surface area contributed by atoms with Crippen LogP contribution < -0.4 is 0 Å². The van der Waals surface area contributed by atoms with Crippen molar-refractivity contribution in [1.29, 1.82) is 0 Å². The van der Waals surface area contributed by atoms with Gasteiger partial charge in [0, 0.05) is 12.4 Å². The van der Waals surface area contributed by atoms with E-state index in [1.54, 1.807) is 6.07 Å². The molecule has 1 aliphatic carbocycles. The van der Waals surface area contributed by atoms with Crippen LogP contribution in [-0.2, 0) is 0 Å². The van der Waals surface area contributed by atoms with E-state index in [2.05, 4.69) is 9.97 Å². The van der Waals surface area contributed by atoms with Gasteiger partial charge in [0.15, 0.2) is 5.65 Å². The highest BCUT2D eigenvalue weighted by Gasteiger charge is 2.36. The van der Waals surface area contributed by atoms with E-state index in [9.17, 15) is 19.5 Å². The Kier molecular flexibility index (Phi) is 2.30. The molecular formula is C15H7N3O4. The number of carbonyl (C=O) groups excluding carboxylic acids is 2. The average molecular weight is 293 g/mol. The van der Waals surface area contributed by atoms with Crippen LogP contribution in [0.3, 0.4) is 0 Å². The molecular weight excluding hydrogens is 286 g/mol. The maximum Gasteiger partial charge on any atom is 0.339 e. The van der Waals surface area contributed by atoms with Crippen molar-refractivity contribution < 1.29 is 19.5 Å². The normalized spacial score (nSPS) is 13.1. The quantitative estimate of drug-likeness (QED) is 0.682. The van der Waals surface area contributed by atoms with Gasteiger partial charge in [0.05, 0.1) is 5.56 Å². The molecule has 7 nitrogen and oxygen atoms in total. The van der Waals surface area contributed by atoms with Gasteiger partial charge in [-0.25, -0.2) is 9.78 Å². The van der Waals surface area contributed by atoms with Gasteiger partial charge < -0.3 is 5.11 Å². The van der Waals surface area contributed by atoms with Crippen molar-refractivity contribution in [3.05, 3.63) is 53.5 Å². The van der Waals surface area contributed by atoms with E-state index in [0.717, 1.165) is 0 Å². The predicted molar refractivity (Wildman–Crippen MR) is 74.0 cm³/mol. The summed E-state index contributed by atoms with van der Waals surface area (Å²) in [5.41, 5.74) is 0.819. The molecule has 0 amide bonds. The van der Waals surface area contributed by atoms with Crippen molar-refractivity contribution in [2.24, 2.45) is 0 Å². The first kappa shape index (κ1) is 12.4. The van der Waals surface area contributed by atoms with E-state index in [1.165, 1.54) is 35.0 Å². The third-order valence-corrected chi connectivity index (χ3v) is 3.58. The molecule has 1 aliphatic rings. The largest absolute Gasteiger partial charge is 0.478 e. The second-order valence-electron chi connectivity index (χ2n) is 4.79. The van der Waals surface area contributed by atoms with E-state index < -0.39 is 17.5 Å². The summed E-state index contributed by atoms with van der Waals surface area (Å²) in [6.45, 7) is 0. The van der Waals surface area contributed by atoms with Gasteiger partial charge in [-0.3, -0.25) is 19.0 Å². The molecule has 0 radical (unpaired) electrons. The molecule has 22 heavy (non-hydrogen) atoms. The minimum atomic E-state index is -1.16.